The van der Waals surface area contributed by atoms with Gasteiger partial charge in [-0.15, -0.1) is 0 Å². The summed E-state index contributed by atoms with van der Waals surface area (Å²) < 4.78 is 119. The monoisotopic (exact) mass is 936 g/mol. The van der Waals surface area contributed by atoms with E-state index in [1.54, 1.807) is 0 Å². The number of aromatic hydroxyl groups is 4. The highest BCUT2D eigenvalue weighted by Crippen LogP contribution is 2.24. The maximum atomic E-state index is 10.6. The van der Waals surface area contributed by atoms with Gasteiger partial charge in [-0.25, -0.2) is 19.2 Å². The van der Waals surface area contributed by atoms with Crippen molar-refractivity contribution in [3.63, 3.8) is 0 Å². The van der Waals surface area contributed by atoms with Crippen LogP contribution in [-0.2, 0) is 40.5 Å². The highest BCUT2D eigenvalue weighted by Gasteiger charge is 2.19. The van der Waals surface area contributed by atoms with Crippen molar-refractivity contribution in [2.45, 2.75) is 19.6 Å². The fraction of sp³-hybridized carbons (Fsp3) is 0.0667. The van der Waals surface area contributed by atoms with E-state index in [1.807, 2.05) is 0 Å². The van der Waals surface area contributed by atoms with Crippen molar-refractivity contribution in [1.29, 1.82) is 0 Å². The highest BCUT2D eigenvalue weighted by molar-refractivity contribution is 7.86. The molecule has 0 amide bonds. The average Bonchev–Trinajstić information content (AvgIpc) is 3.12. The molecule has 0 unspecified atom stereocenters. The molecule has 60 heavy (non-hydrogen) atoms. The number of aromatic carboxylic acids is 4. The molecule has 14 N–H and O–H groups in total. The Kier molecular flexibility index (Phi) is 21.5. The number of carbonyl (C=O) groups is 4. The first kappa shape index (κ1) is 55.6. The fourth-order valence-electron chi connectivity index (χ4n) is 3.39. The minimum Gasteiger partial charge on any atom is -0.507 e. The molecule has 0 bridgehead atoms. The van der Waals surface area contributed by atoms with Crippen LogP contribution in [-0.4, -0.2) is 141 Å². The molecule has 0 atom stereocenters. The van der Waals surface area contributed by atoms with Gasteiger partial charge in [-0.3, -0.25) is 18.2 Å². The average molecular weight is 937 g/mol. The molecule has 4 rings (SSSR count). The third-order valence-corrected chi connectivity index (χ3v) is 9.38. The Morgan fingerprint density at radius 1 is 0.333 bits per heavy atom. The second-order valence-electron chi connectivity index (χ2n) is 9.84. The Morgan fingerprint density at radius 2 is 0.467 bits per heavy atom. The van der Waals surface area contributed by atoms with Crippen molar-refractivity contribution in [2.75, 3.05) is 14.2 Å². The molecule has 30 heteroatoms. The standard InChI is InChI=1S/4C7H6O6S.2CH4O/c4*8-6-2-1-4(14(11,12)13)3-5(6)7(9)10;2*1-2/h4*1-3,8H,(H,9,10)(H,11,12,13);2*2H,1H3. The molecule has 0 spiro atoms. The number of aliphatic hydroxyl groups excluding tert-OH is 2. The van der Waals surface area contributed by atoms with Crippen LogP contribution in [0, 0.1) is 0 Å². The van der Waals surface area contributed by atoms with Crippen molar-refractivity contribution in [2.24, 2.45) is 0 Å². The lowest BCUT2D eigenvalue weighted by atomic mass is 10.2. The van der Waals surface area contributed by atoms with Gasteiger partial charge in [0.15, 0.2) is 0 Å². The van der Waals surface area contributed by atoms with Crippen molar-refractivity contribution in [1.82, 2.24) is 0 Å². The predicted octanol–water partition coefficient (Wildman–Crippen LogP) is 0.565. The molecule has 0 fully saturated rings. The topological polar surface area (TPSA) is 488 Å². The van der Waals surface area contributed by atoms with E-state index in [0.29, 0.717) is 24.3 Å². The van der Waals surface area contributed by atoms with Gasteiger partial charge in [0.1, 0.15) is 45.3 Å². The summed E-state index contributed by atoms with van der Waals surface area (Å²) in [5.41, 5.74) is -2.33. The van der Waals surface area contributed by atoms with Crippen molar-refractivity contribution >= 4 is 64.3 Å². The summed E-state index contributed by atoms with van der Waals surface area (Å²) in [6.07, 6.45) is 0. The minimum absolute atomic E-state index is 0.565. The number of benzene rings is 4. The quantitative estimate of drug-likeness (QED) is 0.107. The molecule has 0 aliphatic rings. The van der Waals surface area contributed by atoms with Crippen molar-refractivity contribution < 1.29 is 122 Å². The molecular weight excluding hydrogens is 905 g/mol. The first-order chi connectivity index (χ1) is 27.3. The summed E-state index contributed by atoms with van der Waals surface area (Å²) in [6, 6.07) is 9.82. The van der Waals surface area contributed by atoms with E-state index in [9.17, 15) is 52.8 Å². The van der Waals surface area contributed by atoms with Crippen LogP contribution in [0.4, 0.5) is 0 Å². The lowest BCUT2D eigenvalue weighted by Gasteiger charge is -2.01. The summed E-state index contributed by atoms with van der Waals surface area (Å²) in [4.78, 5) is 39.6. The maximum Gasteiger partial charge on any atom is 0.339 e. The van der Waals surface area contributed by atoms with Gasteiger partial charge < -0.3 is 51.1 Å². The normalized spacial score (nSPS) is 10.7. The molecule has 0 heterocycles. The zero-order valence-corrected chi connectivity index (χ0v) is 33.0. The van der Waals surface area contributed by atoms with Gasteiger partial charge in [-0.05, 0) is 72.8 Å². The third-order valence-electron chi connectivity index (χ3n) is 5.99. The molecule has 0 aromatic heterocycles. The fourth-order valence-corrected chi connectivity index (χ4v) is 5.41. The second kappa shape index (κ2) is 23.2. The van der Waals surface area contributed by atoms with Crippen LogP contribution >= 0.6 is 0 Å². The number of aliphatic hydroxyl groups is 2. The minimum atomic E-state index is -4.45. The van der Waals surface area contributed by atoms with Crippen LogP contribution in [0.1, 0.15) is 41.4 Å². The largest absolute Gasteiger partial charge is 0.507 e. The lowest BCUT2D eigenvalue weighted by molar-refractivity contribution is 0.0682. The van der Waals surface area contributed by atoms with Crippen molar-refractivity contribution in [3.05, 3.63) is 95.1 Å². The van der Waals surface area contributed by atoms with E-state index in [-0.39, 0.29) is 0 Å². The summed E-state index contributed by atoms with van der Waals surface area (Å²) in [5, 5.41) is 84.1. The lowest BCUT2D eigenvalue weighted by Crippen LogP contribution is -2.02. The zero-order chi connectivity index (χ0) is 47.7. The van der Waals surface area contributed by atoms with E-state index >= 15 is 0 Å². The van der Waals surface area contributed by atoms with Crippen LogP contribution in [0.3, 0.4) is 0 Å². The van der Waals surface area contributed by atoms with Gasteiger partial charge in [0, 0.05) is 14.2 Å². The summed E-state index contributed by atoms with van der Waals surface area (Å²) >= 11 is 0. The van der Waals surface area contributed by atoms with Gasteiger partial charge >= 0.3 is 23.9 Å². The van der Waals surface area contributed by atoms with E-state index < -0.39 is 129 Å². The first-order valence-corrected chi connectivity index (χ1v) is 20.1. The maximum absolute atomic E-state index is 10.6. The van der Waals surface area contributed by atoms with Crippen molar-refractivity contribution in [3.8, 4) is 23.0 Å². The van der Waals surface area contributed by atoms with E-state index in [4.69, 9.17) is 69.3 Å². The molecule has 0 saturated heterocycles. The number of carboxylic acid groups (broad SMARTS) is 4. The number of hydrogen-bond donors (Lipinski definition) is 14. The number of carboxylic acids is 4. The molecule has 4 aromatic rings. The highest BCUT2D eigenvalue weighted by atomic mass is 32.2. The zero-order valence-electron chi connectivity index (χ0n) is 29.7. The molecule has 4 aromatic carbocycles. The number of hydrogen-bond acceptors (Lipinski definition) is 18. The van der Waals surface area contributed by atoms with E-state index in [1.165, 1.54) is 0 Å². The number of phenols is 4. The molecular formula is C30H32O26S4. The predicted molar refractivity (Wildman–Crippen MR) is 196 cm³/mol. The van der Waals surface area contributed by atoms with Gasteiger partial charge in [-0.1, -0.05) is 0 Å². The van der Waals surface area contributed by atoms with Crippen LogP contribution in [0.2, 0.25) is 0 Å². The summed E-state index contributed by atoms with van der Waals surface area (Å²) in [5.74, 6) is -8.17. The third kappa shape index (κ3) is 18.0. The SMILES string of the molecule is CO.CO.O=C(O)c1cc(S(=O)(=O)O)ccc1O.O=C(O)c1cc(S(=O)(=O)O)ccc1O.O=C(O)c1cc(S(=O)(=O)O)ccc1O.O=C(O)c1cc(S(=O)(=O)O)ccc1O. The Morgan fingerprint density at radius 3 is 0.567 bits per heavy atom. The Hall–Kier alpha value is -6.48. The van der Waals surface area contributed by atoms with Crippen LogP contribution < -0.4 is 0 Å². The number of rotatable bonds is 8. The van der Waals surface area contributed by atoms with Crippen LogP contribution in [0.25, 0.3) is 0 Å². The summed E-state index contributed by atoms with van der Waals surface area (Å²) in [7, 11) is -15.8. The molecule has 0 aliphatic carbocycles. The first-order valence-electron chi connectivity index (χ1n) is 14.3. The van der Waals surface area contributed by atoms with E-state index in [0.717, 1.165) is 62.8 Å². The Labute approximate surface area is 337 Å². The Bertz CT molecular complexity index is 2270. The molecule has 332 valence electrons. The summed E-state index contributed by atoms with van der Waals surface area (Å²) in [6.45, 7) is 0. The second-order valence-corrected chi connectivity index (χ2v) is 15.5. The molecule has 0 saturated carbocycles. The van der Waals surface area contributed by atoms with Gasteiger partial charge in [0.2, 0.25) is 0 Å². The van der Waals surface area contributed by atoms with Gasteiger partial charge in [0.05, 0.1) is 19.6 Å². The Balaban J connectivity index is 0. The molecule has 26 nitrogen and oxygen atoms in total. The van der Waals surface area contributed by atoms with Gasteiger partial charge in [-0.2, -0.15) is 33.7 Å². The van der Waals surface area contributed by atoms with E-state index in [2.05, 4.69) is 0 Å². The molecule has 0 aliphatic heterocycles. The van der Waals surface area contributed by atoms with Crippen LogP contribution in [0.15, 0.2) is 92.4 Å². The molecule has 0 radical (unpaired) electrons. The van der Waals surface area contributed by atoms with Gasteiger partial charge in [0.25, 0.3) is 40.5 Å². The van der Waals surface area contributed by atoms with Crippen LogP contribution in [0.5, 0.6) is 23.0 Å². The smallest absolute Gasteiger partial charge is 0.339 e.